The van der Waals surface area contributed by atoms with Crippen LogP contribution in [0.25, 0.3) is 5.69 Å². The molecule has 0 unspecified atom stereocenters. The van der Waals surface area contributed by atoms with E-state index in [2.05, 4.69) is 25.5 Å². The van der Waals surface area contributed by atoms with Gasteiger partial charge in [-0.2, -0.15) is 0 Å². The molecule has 0 bridgehead atoms. The lowest BCUT2D eigenvalue weighted by Crippen LogP contribution is -2.25. The molecule has 3 aromatic rings. The van der Waals surface area contributed by atoms with Crippen molar-refractivity contribution in [3.8, 4) is 5.69 Å². The molecule has 7 nitrogen and oxygen atoms in total. The number of H-pyrrole nitrogens is 1. The van der Waals surface area contributed by atoms with E-state index in [1.54, 1.807) is 6.20 Å². The summed E-state index contributed by atoms with van der Waals surface area (Å²) in [7, 11) is 0. The van der Waals surface area contributed by atoms with Crippen LogP contribution in [-0.2, 0) is 17.8 Å². The first-order valence-corrected chi connectivity index (χ1v) is 9.05. The van der Waals surface area contributed by atoms with Crippen molar-refractivity contribution in [2.45, 2.75) is 32.0 Å². The zero-order valence-corrected chi connectivity index (χ0v) is 15.0. The molecule has 8 heteroatoms. The van der Waals surface area contributed by atoms with Crippen molar-refractivity contribution >= 4 is 17.7 Å². The molecule has 0 aliphatic carbocycles. The topological polar surface area (TPSA) is 88.5 Å². The molecule has 130 valence electrons. The van der Waals surface area contributed by atoms with E-state index in [0.717, 1.165) is 29.3 Å². The zero-order valence-electron chi connectivity index (χ0n) is 14.2. The number of carbonyl (C=O) groups is 1. The van der Waals surface area contributed by atoms with Crippen LogP contribution < -0.4 is 5.32 Å². The number of aryl methyl sites for hydroxylation is 2. The molecule has 0 aliphatic rings. The highest BCUT2D eigenvalue weighted by atomic mass is 32.2. The van der Waals surface area contributed by atoms with Crippen LogP contribution >= 0.6 is 11.8 Å². The second kappa shape index (κ2) is 7.98. The summed E-state index contributed by atoms with van der Waals surface area (Å²) < 4.78 is 2.01. The average molecular weight is 356 g/mol. The Morgan fingerprint density at radius 3 is 2.92 bits per heavy atom. The summed E-state index contributed by atoms with van der Waals surface area (Å²) in [6, 6.07) is 7.96. The third-order valence-electron chi connectivity index (χ3n) is 3.73. The van der Waals surface area contributed by atoms with Crippen LogP contribution in [0.1, 0.15) is 24.1 Å². The highest BCUT2D eigenvalue weighted by Crippen LogP contribution is 2.16. The first-order chi connectivity index (χ1) is 12.2. The van der Waals surface area contributed by atoms with Crippen LogP contribution in [0.4, 0.5) is 0 Å². The number of hydrogen-bond donors (Lipinski definition) is 2. The van der Waals surface area contributed by atoms with Crippen LogP contribution in [0.15, 0.2) is 41.8 Å². The quantitative estimate of drug-likeness (QED) is 0.634. The van der Waals surface area contributed by atoms with Crippen molar-refractivity contribution in [1.82, 2.24) is 30.0 Å². The van der Waals surface area contributed by atoms with Gasteiger partial charge < -0.3 is 9.88 Å². The van der Waals surface area contributed by atoms with E-state index < -0.39 is 0 Å². The number of aromatic nitrogens is 5. The van der Waals surface area contributed by atoms with E-state index in [9.17, 15) is 4.79 Å². The van der Waals surface area contributed by atoms with E-state index in [1.165, 1.54) is 11.8 Å². The van der Waals surface area contributed by atoms with E-state index in [4.69, 9.17) is 0 Å². The number of aromatic amines is 1. The van der Waals surface area contributed by atoms with Gasteiger partial charge in [0.25, 0.3) is 0 Å². The van der Waals surface area contributed by atoms with Gasteiger partial charge in [-0.25, -0.2) is 9.97 Å². The maximum Gasteiger partial charge on any atom is 0.230 e. The Bertz CT molecular complexity index is 856. The van der Waals surface area contributed by atoms with Crippen molar-refractivity contribution in [3.05, 3.63) is 53.9 Å². The van der Waals surface area contributed by atoms with E-state index in [-0.39, 0.29) is 11.7 Å². The molecule has 0 saturated heterocycles. The molecular formula is C17H20N6OS. The average Bonchev–Trinajstić information content (AvgIpc) is 3.27. The number of nitrogens with one attached hydrogen (secondary N) is 2. The van der Waals surface area contributed by atoms with Crippen molar-refractivity contribution < 1.29 is 4.79 Å². The summed E-state index contributed by atoms with van der Waals surface area (Å²) in [5, 5.41) is 10.5. The van der Waals surface area contributed by atoms with Crippen LogP contribution in [0.5, 0.6) is 0 Å². The molecule has 2 N–H and O–H groups in total. The lowest BCUT2D eigenvalue weighted by atomic mass is 10.1. The van der Waals surface area contributed by atoms with E-state index in [0.29, 0.717) is 11.7 Å². The van der Waals surface area contributed by atoms with Gasteiger partial charge in [0.15, 0.2) is 0 Å². The summed E-state index contributed by atoms with van der Waals surface area (Å²) in [5.74, 6) is 1.97. The van der Waals surface area contributed by atoms with Gasteiger partial charge in [-0.3, -0.25) is 9.89 Å². The summed E-state index contributed by atoms with van der Waals surface area (Å²) >= 11 is 1.32. The second-order valence-electron chi connectivity index (χ2n) is 5.46. The first kappa shape index (κ1) is 17.2. The van der Waals surface area contributed by atoms with E-state index in [1.807, 2.05) is 48.9 Å². The number of thioether (sulfide) groups is 1. The molecule has 0 saturated carbocycles. The van der Waals surface area contributed by atoms with Crippen LogP contribution in [0.3, 0.4) is 0 Å². The minimum absolute atomic E-state index is 0.0509. The maximum atomic E-state index is 12.1. The third kappa shape index (κ3) is 4.27. The van der Waals surface area contributed by atoms with Crippen molar-refractivity contribution in [3.63, 3.8) is 0 Å². The van der Waals surface area contributed by atoms with Gasteiger partial charge in [-0.15, -0.1) is 5.10 Å². The minimum atomic E-state index is -0.0509. The van der Waals surface area contributed by atoms with Crippen LogP contribution in [0, 0.1) is 6.92 Å². The predicted octanol–water partition coefficient (Wildman–Crippen LogP) is 2.27. The molecule has 0 spiro atoms. The zero-order chi connectivity index (χ0) is 17.6. The SMILES string of the molecule is CCc1nc(SCC(=O)NCc2ccccc2-n2ccnc2C)n[nH]1. The Morgan fingerprint density at radius 1 is 1.36 bits per heavy atom. The van der Waals surface area contributed by atoms with Crippen molar-refractivity contribution in [2.24, 2.45) is 0 Å². The van der Waals surface area contributed by atoms with Gasteiger partial charge in [0, 0.05) is 25.4 Å². The maximum absolute atomic E-state index is 12.1. The number of carbonyl (C=O) groups excluding carboxylic acids is 1. The monoisotopic (exact) mass is 356 g/mol. The molecule has 0 aliphatic heterocycles. The van der Waals surface area contributed by atoms with Gasteiger partial charge in [-0.1, -0.05) is 36.9 Å². The lowest BCUT2D eigenvalue weighted by molar-refractivity contribution is -0.118. The Labute approximate surface area is 150 Å². The fraction of sp³-hybridized carbons (Fsp3) is 0.294. The summed E-state index contributed by atoms with van der Waals surface area (Å²) in [6.45, 7) is 4.41. The van der Waals surface area contributed by atoms with E-state index >= 15 is 0 Å². The van der Waals surface area contributed by atoms with Gasteiger partial charge in [0.1, 0.15) is 11.6 Å². The number of benzene rings is 1. The lowest BCUT2D eigenvalue weighted by Gasteiger charge is -2.12. The standard InChI is InChI=1S/C17H20N6OS/c1-3-15-20-17(22-21-15)25-11-16(24)19-10-13-6-4-5-7-14(13)23-9-8-18-12(23)2/h4-9H,3,10-11H2,1-2H3,(H,19,24)(H,20,21,22). The fourth-order valence-electron chi connectivity index (χ4n) is 2.40. The highest BCUT2D eigenvalue weighted by molar-refractivity contribution is 7.99. The minimum Gasteiger partial charge on any atom is -0.351 e. The summed E-state index contributed by atoms with van der Waals surface area (Å²) in [6.07, 6.45) is 4.48. The molecule has 0 fully saturated rings. The summed E-state index contributed by atoms with van der Waals surface area (Å²) in [4.78, 5) is 20.7. The molecule has 0 atom stereocenters. The smallest absolute Gasteiger partial charge is 0.230 e. The molecular weight excluding hydrogens is 336 g/mol. The fourth-order valence-corrected chi connectivity index (χ4v) is 3.05. The Hall–Kier alpha value is -2.61. The van der Waals surface area contributed by atoms with Crippen molar-refractivity contribution in [2.75, 3.05) is 5.75 Å². The summed E-state index contributed by atoms with van der Waals surface area (Å²) in [5.41, 5.74) is 2.06. The predicted molar refractivity (Wildman–Crippen MR) is 96.6 cm³/mol. The van der Waals surface area contributed by atoms with Gasteiger partial charge >= 0.3 is 0 Å². The number of para-hydroxylation sites is 1. The molecule has 2 aromatic heterocycles. The first-order valence-electron chi connectivity index (χ1n) is 8.06. The van der Waals surface area contributed by atoms with Gasteiger partial charge in [0.05, 0.1) is 11.4 Å². The third-order valence-corrected chi connectivity index (χ3v) is 4.58. The van der Waals surface area contributed by atoms with Gasteiger partial charge in [-0.05, 0) is 18.6 Å². The molecule has 3 rings (SSSR count). The Morgan fingerprint density at radius 2 is 2.20 bits per heavy atom. The van der Waals surface area contributed by atoms with Crippen LogP contribution in [0.2, 0.25) is 0 Å². The molecule has 0 radical (unpaired) electrons. The molecule has 2 heterocycles. The molecule has 1 aromatic carbocycles. The van der Waals surface area contributed by atoms with Crippen LogP contribution in [-0.4, -0.2) is 36.4 Å². The Kier molecular flexibility index (Phi) is 5.49. The largest absolute Gasteiger partial charge is 0.351 e. The number of hydrogen-bond acceptors (Lipinski definition) is 5. The molecule has 25 heavy (non-hydrogen) atoms. The van der Waals surface area contributed by atoms with Gasteiger partial charge in [0.2, 0.25) is 11.1 Å². The number of amides is 1. The highest BCUT2D eigenvalue weighted by Gasteiger charge is 2.10. The number of imidazole rings is 1. The molecule has 1 amide bonds. The Balaban J connectivity index is 1.58. The van der Waals surface area contributed by atoms with Crippen molar-refractivity contribution in [1.29, 1.82) is 0 Å². The second-order valence-corrected chi connectivity index (χ2v) is 6.40. The number of rotatable bonds is 7. The normalized spacial score (nSPS) is 10.8. The number of nitrogens with zero attached hydrogens (tertiary/aromatic N) is 4.